The van der Waals surface area contributed by atoms with E-state index in [0.29, 0.717) is 5.92 Å². The lowest BCUT2D eigenvalue weighted by atomic mass is 9.99. The van der Waals surface area contributed by atoms with Crippen LogP contribution >= 0.6 is 0 Å². The molecule has 1 aliphatic heterocycles. The quantitative estimate of drug-likeness (QED) is 0.762. The smallest absolute Gasteiger partial charge is 0.115 e. The van der Waals surface area contributed by atoms with E-state index < -0.39 is 11.0 Å². The predicted octanol–water partition coefficient (Wildman–Crippen LogP) is 4.42. The standard InChI is InChI=1S/C20H29NO2S/c1-20(2,3)24(22)21(15-16-9-5-4-6-10-16)19(17-12-13-17)18-11-7-8-14-23-18/h4-6,8-10,14,17-19H,7,11-13,15H2,1-3H3/t18?,19-,24-/m1/s1. The van der Waals surface area contributed by atoms with Crippen LogP contribution in [-0.2, 0) is 22.3 Å². The minimum atomic E-state index is -1.06. The van der Waals surface area contributed by atoms with Gasteiger partial charge in [0.05, 0.1) is 17.1 Å². The van der Waals surface area contributed by atoms with Crippen LogP contribution in [-0.4, -0.2) is 25.4 Å². The van der Waals surface area contributed by atoms with Gasteiger partial charge in [-0.05, 0) is 64.0 Å². The lowest BCUT2D eigenvalue weighted by molar-refractivity contribution is 0.0458. The van der Waals surface area contributed by atoms with Crippen LogP contribution in [0, 0.1) is 5.92 Å². The summed E-state index contributed by atoms with van der Waals surface area (Å²) in [6, 6.07) is 10.6. The molecule has 0 aromatic heterocycles. The van der Waals surface area contributed by atoms with Crippen LogP contribution in [0.1, 0.15) is 52.0 Å². The SMILES string of the molecule is CC(C)(C)[S@@](=O)N(Cc1ccccc1)[C@H](C1CC1)C1CCC=CO1. The van der Waals surface area contributed by atoms with Gasteiger partial charge in [-0.2, -0.15) is 0 Å². The van der Waals surface area contributed by atoms with Crippen LogP contribution in [0.25, 0.3) is 0 Å². The van der Waals surface area contributed by atoms with E-state index in [4.69, 9.17) is 4.74 Å². The summed E-state index contributed by atoms with van der Waals surface area (Å²) in [7, 11) is -1.06. The van der Waals surface area contributed by atoms with E-state index in [1.54, 1.807) is 0 Å². The van der Waals surface area contributed by atoms with Crippen molar-refractivity contribution >= 4 is 11.0 Å². The van der Waals surface area contributed by atoms with E-state index >= 15 is 0 Å². The first-order valence-corrected chi connectivity index (χ1v) is 10.1. The van der Waals surface area contributed by atoms with E-state index in [2.05, 4.69) is 55.4 Å². The van der Waals surface area contributed by atoms with Gasteiger partial charge < -0.3 is 4.74 Å². The van der Waals surface area contributed by atoms with Crippen molar-refractivity contribution in [3.05, 3.63) is 48.2 Å². The molecule has 1 unspecified atom stereocenters. The molecule has 0 amide bonds. The highest BCUT2D eigenvalue weighted by Crippen LogP contribution is 2.41. The summed E-state index contributed by atoms with van der Waals surface area (Å²) >= 11 is 0. The fraction of sp³-hybridized carbons (Fsp3) is 0.600. The summed E-state index contributed by atoms with van der Waals surface area (Å²) in [5.41, 5.74) is 1.21. The van der Waals surface area contributed by atoms with E-state index in [-0.39, 0.29) is 16.9 Å². The van der Waals surface area contributed by atoms with Gasteiger partial charge in [0, 0.05) is 6.54 Å². The van der Waals surface area contributed by atoms with Crippen LogP contribution in [0.5, 0.6) is 0 Å². The molecule has 1 fully saturated rings. The monoisotopic (exact) mass is 347 g/mol. The van der Waals surface area contributed by atoms with Crippen molar-refractivity contribution in [1.82, 2.24) is 4.31 Å². The Hall–Kier alpha value is -1.13. The van der Waals surface area contributed by atoms with Gasteiger partial charge in [0.15, 0.2) is 0 Å². The van der Waals surface area contributed by atoms with Crippen LogP contribution in [0.15, 0.2) is 42.7 Å². The molecule has 0 bridgehead atoms. The first-order valence-electron chi connectivity index (χ1n) is 9.00. The van der Waals surface area contributed by atoms with Crippen molar-refractivity contribution in [3.8, 4) is 0 Å². The molecule has 132 valence electrons. The molecule has 1 aliphatic carbocycles. The zero-order chi connectivity index (χ0) is 17.2. The third-order valence-corrected chi connectivity index (χ3v) is 6.55. The third kappa shape index (κ3) is 4.28. The van der Waals surface area contributed by atoms with Crippen molar-refractivity contribution < 1.29 is 8.95 Å². The zero-order valence-electron chi connectivity index (χ0n) is 15.0. The van der Waals surface area contributed by atoms with Crippen LogP contribution in [0.4, 0.5) is 0 Å². The van der Waals surface area contributed by atoms with Gasteiger partial charge in [0.1, 0.15) is 17.1 Å². The Labute approximate surface area is 148 Å². The minimum Gasteiger partial charge on any atom is -0.497 e. The second-order valence-electron chi connectivity index (χ2n) is 7.87. The largest absolute Gasteiger partial charge is 0.497 e. The summed E-state index contributed by atoms with van der Waals surface area (Å²) in [6.45, 7) is 6.90. The van der Waals surface area contributed by atoms with Gasteiger partial charge in [0.2, 0.25) is 0 Å². The first-order chi connectivity index (χ1) is 11.5. The fourth-order valence-electron chi connectivity index (χ4n) is 3.36. The fourth-order valence-corrected chi connectivity index (χ4v) is 4.85. The van der Waals surface area contributed by atoms with Gasteiger partial charge in [-0.1, -0.05) is 30.3 Å². The molecule has 1 heterocycles. The van der Waals surface area contributed by atoms with E-state index in [0.717, 1.165) is 19.4 Å². The maximum Gasteiger partial charge on any atom is 0.115 e. The number of allylic oxidation sites excluding steroid dienone is 1. The average Bonchev–Trinajstić information content (AvgIpc) is 3.39. The first kappa shape index (κ1) is 17.7. The molecule has 0 radical (unpaired) electrons. The summed E-state index contributed by atoms with van der Waals surface area (Å²) in [6.07, 6.45) is 8.59. The number of rotatable bonds is 6. The molecule has 2 aliphatic rings. The molecule has 3 atom stereocenters. The topological polar surface area (TPSA) is 29.5 Å². The van der Waals surface area contributed by atoms with Gasteiger partial charge in [-0.3, -0.25) is 0 Å². The number of hydrogen-bond acceptors (Lipinski definition) is 2. The highest BCUT2D eigenvalue weighted by atomic mass is 32.2. The predicted molar refractivity (Wildman–Crippen MR) is 99.6 cm³/mol. The van der Waals surface area contributed by atoms with E-state index in [9.17, 15) is 4.21 Å². The van der Waals surface area contributed by atoms with Crippen molar-refractivity contribution in [2.75, 3.05) is 0 Å². The summed E-state index contributed by atoms with van der Waals surface area (Å²) < 4.78 is 21.3. The molecule has 0 saturated heterocycles. The number of nitrogens with zero attached hydrogens (tertiary/aromatic N) is 1. The zero-order valence-corrected chi connectivity index (χ0v) is 15.8. The van der Waals surface area contributed by atoms with Crippen LogP contribution < -0.4 is 0 Å². The molecule has 3 nitrogen and oxygen atoms in total. The molecular formula is C20H29NO2S. The van der Waals surface area contributed by atoms with E-state index in [1.807, 2.05) is 12.3 Å². The van der Waals surface area contributed by atoms with Crippen LogP contribution in [0.2, 0.25) is 0 Å². The lowest BCUT2D eigenvalue weighted by Crippen LogP contribution is -2.50. The maximum atomic E-state index is 13.3. The Morgan fingerprint density at radius 3 is 2.46 bits per heavy atom. The van der Waals surface area contributed by atoms with Gasteiger partial charge >= 0.3 is 0 Å². The van der Waals surface area contributed by atoms with Crippen molar-refractivity contribution in [2.45, 2.75) is 69.9 Å². The summed E-state index contributed by atoms with van der Waals surface area (Å²) in [5.74, 6) is 0.608. The highest BCUT2D eigenvalue weighted by Gasteiger charge is 2.45. The number of benzene rings is 1. The van der Waals surface area contributed by atoms with Gasteiger partial charge in [-0.15, -0.1) is 0 Å². The molecule has 1 aromatic carbocycles. The Morgan fingerprint density at radius 2 is 1.92 bits per heavy atom. The second-order valence-corrected chi connectivity index (χ2v) is 10.1. The Bertz CT molecular complexity index is 589. The maximum absolute atomic E-state index is 13.3. The molecule has 4 heteroatoms. The number of ether oxygens (including phenoxy) is 1. The molecule has 0 N–H and O–H groups in total. The van der Waals surface area contributed by atoms with Crippen molar-refractivity contribution in [3.63, 3.8) is 0 Å². The Balaban J connectivity index is 1.88. The average molecular weight is 348 g/mol. The van der Waals surface area contributed by atoms with Gasteiger partial charge in [0.25, 0.3) is 0 Å². The molecule has 24 heavy (non-hydrogen) atoms. The number of hydrogen-bond donors (Lipinski definition) is 0. The Kier molecular flexibility index (Phi) is 5.46. The second kappa shape index (κ2) is 7.40. The summed E-state index contributed by atoms with van der Waals surface area (Å²) in [5, 5.41) is 0. The van der Waals surface area contributed by atoms with Gasteiger partial charge in [-0.25, -0.2) is 8.51 Å². The van der Waals surface area contributed by atoms with Crippen molar-refractivity contribution in [1.29, 1.82) is 0 Å². The van der Waals surface area contributed by atoms with E-state index in [1.165, 1.54) is 18.4 Å². The molecule has 1 aromatic rings. The van der Waals surface area contributed by atoms with Crippen molar-refractivity contribution in [2.24, 2.45) is 5.92 Å². The van der Waals surface area contributed by atoms with Crippen LogP contribution in [0.3, 0.4) is 0 Å². The highest BCUT2D eigenvalue weighted by molar-refractivity contribution is 7.84. The summed E-state index contributed by atoms with van der Waals surface area (Å²) in [4.78, 5) is 0. The molecule has 3 rings (SSSR count). The molecular weight excluding hydrogens is 318 g/mol. The minimum absolute atomic E-state index is 0.150. The Morgan fingerprint density at radius 1 is 1.21 bits per heavy atom. The molecule has 1 saturated carbocycles. The third-order valence-electron chi connectivity index (χ3n) is 4.70. The lowest BCUT2D eigenvalue weighted by Gasteiger charge is -2.39. The molecule has 0 spiro atoms. The normalized spacial score (nSPS) is 23.8.